The van der Waals surface area contributed by atoms with E-state index in [1.165, 1.54) is 16.7 Å². The number of ether oxygens (including phenoxy) is 1. The number of hydrogen-bond donors (Lipinski definition) is 0. The second-order valence-electron chi connectivity index (χ2n) is 6.77. The Morgan fingerprint density at radius 1 is 1.23 bits per heavy atom. The summed E-state index contributed by atoms with van der Waals surface area (Å²) >= 11 is 3.52. The number of halogens is 1. The first kappa shape index (κ1) is 19.0. The molecule has 0 N–H and O–H groups in total. The van der Waals surface area contributed by atoms with Gasteiger partial charge in [0.15, 0.2) is 0 Å². The SMILES string of the molecule is CCCCN(Cc1c(C)cc(Br)cc1C)C(=O)OC(C)(C)C. The van der Waals surface area contributed by atoms with E-state index in [9.17, 15) is 4.79 Å². The summed E-state index contributed by atoms with van der Waals surface area (Å²) in [6, 6.07) is 4.19. The third kappa shape index (κ3) is 5.99. The highest BCUT2D eigenvalue weighted by Gasteiger charge is 2.22. The maximum absolute atomic E-state index is 12.5. The van der Waals surface area contributed by atoms with Crippen molar-refractivity contribution in [3.63, 3.8) is 0 Å². The molecule has 0 atom stereocenters. The van der Waals surface area contributed by atoms with Crippen LogP contribution < -0.4 is 0 Å². The molecule has 0 aliphatic rings. The molecule has 0 aromatic heterocycles. The van der Waals surface area contributed by atoms with E-state index in [1.54, 1.807) is 0 Å². The summed E-state index contributed by atoms with van der Waals surface area (Å²) in [4.78, 5) is 14.3. The van der Waals surface area contributed by atoms with Gasteiger partial charge in [0.25, 0.3) is 0 Å². The number of hydrogen-bond acceptors (Lipinski definition) is 2. The minimum absolute atomic E-state index is 0.234. The van der Waals surface area contributed by atoms with Gasteiger partial charge in [-0.2, -0.15) is 0 Å². The van der Waals surface area contributed by atoms with Gasteiger partial charge in [0.2, 0.25) is 0 Å². The molecule has 1 amide bonds. The highest BCUT2D eigenvalue weighted by molar-refractivity contribution is 9.10. The van der Waals surface area contributed by atoms with Gasteiger partial charge >= 0.3 is 6.09 Å². The standard InChI is InChI=1S/C18H28BrNO2/c1-7-8-9-20(17(21)22-18(4,5)6)12-16-13(2)10-15(19)11-14(16)3/h10-11H,7-9,12H2,1-6H3. The molecule has 0 saturated heterocycles. The molecule has 22 heavy (non-hydrogen) atoms. The lowest BCUT2D eigenvalue weighted by atomic mass is 10.0. The number of carbonyl (C=O) groups is 1. The lowest BCUT2D eigenvalue weighted by molar-refractivity contribution is 0.0230. The van der Waals surface area contributed by atoms with Crippen LogP contribution in [0.2, 0.25) is 0 Å². The van der Waals surface area contributed by atoms with E-state index < -0.39 is 5.60 Å². The van der Waals surface area contributed by atoms with E-state index >= 15 is 0 Å². The number of rotatable bonds is 5. The lowest BCUT2D eigenvalue weighted by Gasteiger charge is -2.28. The van der Waals surface area contributed by atoms with Crippen LogP contribution in [0.25, 0.3) is 0 Å². The van der Waals surface area contributed by atoms with Crippen molar-refractivity contribution in [1.29, 1.82) is 0 Å². The van der Waals surface area contributed by atoms with Gasteiger partial charge in [-0.1, -0.05) is 29.3 Å². The maximum atomic E-state index is 12.5. The Labute approximate surface area is 143 Å². The fraction of sp³-hybridized carbons (Fsp3) is 0.611. The number of carbonyl (C=O) groups excluding carboxylic acids is 1. The highest BCUT2D eigenvalue weighted by Crippen LogP contribution is 2.23. The molecule has 0 fully saturated rings. The van der Waals surface area contributed by atoms with Crippen LogP contribution in [0, 0.1) is 13.8 Å². The largest absolute Gasteiger partial charge is 0.444 e. The zero-order valence-corrected chi connectivity index (χ0v) is 16.2. The van der Waals surface area contributed by atoms with E-state index in [1.807, 2.05) is 25.7 Å². The number of unbranched alkanes of at least 4 members (excludes halogenated alkanes) is 1. The van der Waals surface area contributed by atoms with E-state index in [0.717, 1.165) is 23.9 Å². The molecule has 1 aromatic rings. The minimum atomic E-state index is -0.467. The van der Waals surface area contributed by atoms with E-state index in [4.69, 9.17) is 4.74 Å². The van der Waals surface area contributed by atoms with E-state index in [2.05, 4.69) is 48.8 Å². The van der Waals surface area contributed by atoms with Gasteiger partial charge in [-0.05, 0) is 69.9 Å². The van der Waals surface area contributed by atoms with Gasteiger partial charge in [-0.25, -0.2) is 4.79 Å². The summed E-state index contributed by atoms with van der Waals surface area (Å²) in [7, 11) is 0. The smallest absolute Gasteiger partial charge is 0.410 e. The Bertz CT molecular complexity index is 497. The topological polar surface area (TPSA) is 29.5 Å². The zero-order chi connectivity index (χ0) is 16.9. The molecule has 0 aliphatic carbocycles. The van der Waals surface area contributed by atoms with Crippen molar-refractivity contribution in [2.45, 2.75) is 66.5 Å². The van der Waals surface area contributed by atoms with Gasteiger partial charge < -0.3 is 9.64 Å². The zero-order valence-electron chi connectivity index (χ0n) is 14.6. The Balaban J connectivity index is 2.96. The summed E-state index contributed by atoms with van der Waals surface area (Å²) in [5, 5.41) is 0. The first-order valence-corrected chi connectivity index (χ1v) is 8.67. The molecule has 0 saturated carbocycles. The summed E-state index contributed by atoms with van der Waals surface area (Å²) in [5.41, 5.74) is 3.12. The van der Waals surface area contributed by atoms with Crippen LogP contribution in [-0.2, 0) is 11.3 Å². The number of aryl methyl sites for hydroxylation is 2. The van der Waals surface area contributed by atoms with Crippen LogP contribution in [-0.4, -0.2) is 23.1 Å². The average Bonchev–Trinajstić information content (AvgIpc) is 2.34. The van der Waals surface area contributed by atoms with Crippen molar-refractivity contribution < 1.29 is 9.53 Å². The molecule has 0 radical (unpaired) electrons. The fourth-order valence-corrected chi connectivity index (χ4v) is 2.98. The first-order valence-electron chi connectivity index (χ1n) is 7.87. The van der Waals surface area contributed by atoms with Gasteiger partial charge in [-0.15, -0.1) is 0 Å². The Morgan fingerprint density at radius 3 is 2.23 bits per heavy atom. The van der Waals surface area contributed by atoms with Gasteiger partial charge in [0.05, 0.1) is 0 Å². The molecule has 4 heteroatoms. The van der Waals surface area contributed by atoms with Crippen molar-refractivity contribution >= 4 is 22.0 Å². The van der Waals surface area contributed by atoms with Crippen molar-refractivity contribution in [2.24, 2.45) is 0 Å². The molecule has 3 nitrogen and oxygen atoms in total. The molecule has 1 rings (SSSR count). The second kappa shape index (κ2) is 8.00. The monoisotopic (exact) mass is 369 g/mol. The number of benzene rings is 1. The molecule has 0 aliphatic heterocycles. The fourth-order valence-electron chi connectivity index (χ4n) is 2.29. The van der Waals surface area contributed by atoms with Gasteiger partial charge in [0.1, 0.15) is 5.60 Å². The minimum Gasteiger partial charge on any atom is -0.444 e. The third-order valence-electron chi connectivity index (χ3n) is 3.44. The summed E-state index contributed by atoms with van der Waals surface area (Å²) in [5.74, 6) is 0. The van der Waals surface area contributed by atoms with Crippen LogP contribution in [0.3, 0.4) is 0 Å². The van der Waals surface area contributed by atoms with Crippen LogP contribution >= 0.6 is 15.9 Å². The van der Waals surface area contributed by atoms with Gasteiger partial charge in [-0.3, -0.25) is 0 Å². The Kier molecular flexibility index (Phi) is 6.92. The highest BCUT2D eigenvalue weighted by atomic mass is 79.9. The van der Waals surface area contributed by atoms with Crippen LogP contribution in [0.15, 0.2) is 16.6 Å². The van der Waals surface area contributed by atoms with Crippen molar-refractivity contribution in [2.75, 3.05) is 6.54 Å². The average molecular weight is 370 g/mol. The molecule has 0 heterocycles. The molecule has 124 valence electrons. The maximum Gasteiger partial charge on any atom is 0.410 e. The molecular weight excluding hydrogens is 342 g/mol. The molecule has 0 unspecified atom stereocenters. The van der Waals surface area contributed by atoms with Crippen molar-refractivity contribution in [3.05, 3.63) is 33.3 Å². The van der Waals surface area contributed by atoms with E-state index in [0.29, 0.717) is 6.54 Å². The first-order chi connectivity index (χ1) is 10.1. The Hall–Kier alpha value is -1.03. The lowest BCUT2D eigenvalue weighted by Crippen LogP contribution is -2.37. The Morgan fingerprint density at radius 2 is 1.77 bits per heavy atom. The molecule has 1 aromatic carbocycles. The number of amides is 1. The summed E-state index contributed by atoms with van der Waals surface area (Å²) < 4.78 is 6.62. The van der Waals surface area contributed by atoms with E-state index in [-0.39, 0.29) is 6.09 Å². The van der Waals surface area contributed by atoms with Crippen LogP contribution in [0.5, 0.6) is 0 Å². The molecule has 0 bridgehead atoms. The second-order valence-corrected chi connectivity index (χ2v) is 7.69. The number of nitrogens with zero attached hydrogens (tertiary/aromatic N) is 1. The third-order valence-corrected chi connectivity index (χ3v) is 3.90. The normalized spacial score (nSPS) is 11.4. The van der Waals surface area contributed by atoms with Crippen LogP contribution in [0.1, 0.15) is 57.2 Å². The van der Waals surface area contributed by atoms with Crippen LogP contribution in [0.4, 0.5) is 4.79 Å². The van der Waals surface area contributed by atoms with Crippen molar-refractivity contribution in [1.82, 2.24) is 4.90 Å². The quantitative estimate of drug-likeness (QED) is 0.675. The predicted molar refractivity (Wildman–Crippen MR) is 95.2 cm³/mol. The molecule has 0 spiro atoms. The van der Waals surface area contributed by atoms with Gasteiger partial charge in [0, 0.05) is 17.6 Å². The molecular formula is C18H28BrNO2. The predicted octanol–water partition coefficient (Wildman–Crippen LogP) is 5.60. The van der Waals surface area contributed by atoms with Crippen molar-refractivity contribution in [3.8, 4) is 0 Å². The summed E-state index contributed by atoms with van der Waals surface area (Å²) in [6.07, 6.45) is 1.80. The summed E-state index contributed by atoms with van der Waals surface area (Å²) in [6.45, 7) is 13.3.